The van der Waals surface area contributed by atoms with Crippen molar-refractivity contribution in [1.29, 1.82) is 0 Å². The predicted octanol–water partition coefficient (Wildman–Crippen LogP) is 2.54. The van der Waals surface area contributed by atoms with Crippen LogP contribution in [-0.4, -0.2) is 30.2 Å². The van der Waals surface area contributed by atoms with Gasteiger partial charge in [0.2, 0.25) is 0 Å². The van der Waals surface area contributed by atoms with E-state index in [1.165, 1.54) is 11.3 Å². The molecule has 0 unspecified atom stereocenters. The number of halogens is 1. The molecule has 7 heteroatoms. The molecule has 1 atom stereocenters. The molecule has 1 saturated heterocycles. The van der Waals surface area contributed by atoms with Gasteiger partial charge in [-0.2, -0.15) is 0 Å². The molecule has 20 heavy (non-hydrogen) atoms. The molecule has 0 radical (unpaired) electrons. The molecule has 1 amide bonds. The largest absolute Gasteiger partial charge is 0.355 e. The van der Waals surface area contributed by atoms with Crippen LogP contribution in [0, 0.1) is 0 Å². The monoisotopic (exact) mass is 311 g/mol. The molecule has 0 spiro atoms. The highest BCUT2D eigenvalue weighted by Crippen LogP contribution is 2.31. The number of thiophene rings is 1. The fourth-order valence-corrected chi connectivity index (χ4v) is 3.17. The summed E-state index contributed by atoms with van der Waals surface area (Å²) in [5.41, 5.74) is 0.301. The Hall–Kier alpha value is -1.37. The van der Waals surface area contributed by atoms with E-state index < -0.39 is 0 Å². The number of hydrogen-bond acceptors (Lipinski definition) is 5. The summed E-state index contributed by atoms with van der Waals surface area (Å²) in [5, 5.41) is 10.0. The van der Waals surface area contributed by atoms with Crippen LogP contribution >= 0.6 is 22.9 Å². The smallest absolute Gasteiger partial charge is 0.273 e. The highest BCUT2D eigenvalue weighted by molar-refractivity contribution is 7.19. The molecule has 106 valence electrons. The van der Waals surface area contributed by atoms with Gasteiger partial charge in [-0.1, -0.05) is 16.8 Å². The lowest BCUT2D eigenvalue weighted by molar-refractivity contribution is 0.0921. The van der Waals surface area contributed by atoms with Crippen molar-refractivity contribution < 1.29 is 9.32 Å². The minimum absolute atomic E-state index is 0.160. The Balaban J connectivity index is 1.68. The van der Waals surface area contributed by atoms with Gasteiger partial charge in [0.1, 0.15) is 0 Å². The number of nitrogens with one attached hydrogen (secondary N) is 2. The lowest BCUT2D eigenvalue weighted by atomic mass is 10.1. The molecule has 3 heterocycles. The first-order chi connectivity index (χ1) is 9.72. The average molecular weight is 312 g/mol. The second-order valence-corrected chi connectivity index (χ2v) is 6.41. The number of amides is 1. The van der Waals surface area contributed by atoms with Gasteiger partial charge in [0, 0.05) is 18.7 Å². The maximum absolute atomic E-state index is 12.1. The third-order valence-electron chi connectivity index (χ3n) is 3.19. The van der Waals surface area contributed by atoms with Crippen LogP contribution in [0.15, 0.2) is 22.7 Å². The van der Waals surface area contributed by atoms with Gasteiger partial charge >= 0.3 is 0 Å². The second kappa shape index (κ2) is 5.95. The van der Waals surface area contributed by atoms with Crippen LogP contribution in [0.25, 0.3) is 10.6 Å². The number of aromatic nitrogens is 1. The molecular formula is C13H14ClN3O2S. The predicted molar refractivity (Wildman–Crippen MR) is 78.2 cm³/mol. The molecule has 2 N–H and O–H groups in total. The van der Waals surface area contributed by atoms with Gasteiger partial charge in [-0.25, -0.2) is 0 Å². The van der Waals surface area contributed by atoms with E-state index in [0.717, 1.165) is 30.8 Å². The minimum Gasteiger partial charge on any atom is -0.355 e. The van der Waals surface area contributed by atoms with Crippen molar-refractivity contribution in [2.45, 2.75) is 18.9 Å². The van der Waals surface area contributed by atoms with Crippen LogP contribution < -0.4 is 10.6 Å². The topological polar surface area (TPSA) is 67.2 Å². The Morgan fingerprint density at radius 1 is 1.55 bits per heavy atom. The summed E-state index contributed by atoms with van der Waals surface area (Å²) in [6, 6.07) is 5.44. The summed E-state index contributed by atoms with van der Waals surface area (Å²) in [6.07, 6.45) is 2.06. The molecule has 5 nitrogen and oxygen atoms in total. The molecule has 2 aromatic heterocycles. The van der Waals surface area contributed by atoms with Crippen molar-refractivity contribution in [3.05, 3.63) is 28.2 Å². The third kappa shape index (κ3) is 3.03. The van der Waals surface area contributed by atoms with Gasteiger partial charge in [0.25, 0.3) is 5.91 Å². The SMILES string of the molecule is O=C(N[C@H]1CCCNC1)c1cc(-c2ccc(Cl)s2)on1. The molecule has 1 aliphatic rings. The number of carbonyl (C=O) groups is 1. The molecule has 3 rings (SSSR count). The summed E-state index contributed by atoms with van der Waals surface area (Å²) in [7, 11) is 0. The highest BCUT2D eigenvalue weighted by Gasteiger charge is 2.19. The van der Waals surface area contributed by atoms with Gasteiger partial charge in [-0.05, 0) is 31.5 Å². The van der Waals surface area contributed by atoms with Crippen LogP contribution in [0.5, 0.6) is 0 Å². The first-order valence-corrected chi connectivity index (χ1v) is 7.66. The molecule has 0 aromatic carbocycles. The van der Waals surface area contributed by atoms with E-state index in [0.29, 0.717) is 15.8 Å². The minimum atomic E-state index is -0.198. The van der Waals surface area contributed by atoms with Crippen LogP contribution in [0.4, 0.5) is 0 Å². The van der Waals surface area contributed by atoms with Crippen LogP contribution in [0.2, 0.25) is 4.34 Å². The molecule has 2 aromatic rings. The van der Waals surface area contributed by atoms with E-state index in [9.17, 15) is 4.79 Å². The van der Waals surface area contributed by atoms with Crippen molar-refractivity contribution >= 4 is 28.8 Å². The number of rotatable bonds is 3. The van der Waals surface area contributed by atoms with Crippen LogP contribution in [-0.2, 0) is 0 Å². The molecule has 1 fully saturated rings. The fraction of sp³-hybridized carbons (Fsp3) is 0.385. The van der Waals surface area contributed by atoms with Gasteiger partial charge < -0.3 is 15.2 Å². The third-order valence-corrected chi connectivity index (χ3v) is 4.44. The molecular weight excluding hydrogens is 298 g/mol. The molecule has 0 aliphatic carbocycles. The average Bonchev–Trinajstić information content (AvgIpc) is 3.08. The van der Waals surface area contributed by atoms with Gasteiger partial charge in [0.15, 0.2) is 11.5 Å². The molecule has 0 bridgehead atoms. The van der Waals surface area contributed by atoms with Crippen molar-refractivity contribution in [2.24, 2.45) is 0 Å². The standard InChI is InChI=1S/C13H14ClN3O2S/c14-12-4-3-11(20-12)10-6-9(17-19-10)13(18)16-8-2-1-5-15-7-8/h3-4,6,8,15H,1-2,5,7H2,(H,16,18)/t8-/m0/s1. The first kappa shape index (κ1) is 13.6. The van der Waals surface area contributed by atoms with E-state index in [1.807, 2.05) is 6.07 Å². The van der Waals surface area contributed by atoms with Crippen LogP contribution in [0.1, 0.15) is 23.3 Å². The van der Waals surface area contributed by atoms with E-state index in [1.54, 1.807) is 12.1 Å². The normalized spacial score (nSPS) is 18.9. The Bertz CT molecular complexity index is 604. The Morgan fingerprint density at radius 3 is 3.15 bits per heavy atom. The van der Waals surface area contributed by atoms with E-state index >= 15 is 0 Å². The maximum Gasteiger partial charge on any atom is 0.273 e. The number of piperidine rings is 1. The fourth-order valence-electron chi connectivity index (χ4n) is 2.18. The Kier molecular flexibility index (Phi) is 4.05. The van der Waals surface area contributed by atoms with Crippen molar-refractivity contribution in [3.63, 3.8) is 0 Å². The summed E-state index contributed by atoms with van der Waals surface area (Å²) >= 11 is 7.27. The summed E-state index contributed by atoms with van der Waals surface area (Å²) in [5.74, 6) is 0.366. The van der Waals surface area contributed by atoms with Crippen molar-refractivity contribution in [2.75, 3.05) is 13.1 Å². The number of hydrogen-bond donors (Lipinski definition) is 2. The second-order valence-electron chi connectivity index (χ2n) is 4.70. The molecule has 1 aliphatic heterocycles. The zero-order valence-electron chi connectivity index (χ0n) is 10.7. The van der Waals surface area contributed by atoms with E-state index in [2.05, 4.69) is 15.8 Å². The Labute approximate surface area is 125 Å². The van der Waals surface area contributed by atoms with Crippen molar-refractivity contribution in [1.82, 2.24) is 15.8 Å². The van der Waals surface area contributed by atoms with Gasteiger partial charge in [-0.15, -0.1) is 11.3 Å². The summed E-state index contributed by atoms with van der Waals surface area (Å²) in [4.78, 5) is 12.9. The van der Waals surface area contributed by atoms with Gasteiger partial charge in [0.05, 0.1) is 9.21 Å². The quantitative estimate of drug-likeness (QED) is 0.914. The van der Waals surface area contributed by atoms with E-state index in [-0.39, 0.29) is 11.9 Å². The highest BCUT2D eigenvalue weighted by atomic mass is 35.5. The summed E-state index contributed by atoms with van der Waals surface area (Å²) < 4.78 is 5.88. The molecule has 0 saturated carbocycles. The summed E-state index contributed by atoms with van der Waals surface area (Å²) in [6.45, 7) is 1.82. The lowest BCUT2D eigenvalue weighted by Gasteiger charge is -2.23. The zero-order valence-corrected chi connectivity index (χ0v) is 12.3. The number of nitrogens with zero attached hydrogens (tertiary/aromatic N) is 1. The van der Waals surface area contributed by atoms with Crippen molar-refractivity contribution in [3.8, 4) is 10.6 Å². The van der Waals surface area contributed by atoms with E-state index in [4.69, 9.17) is 16.1 Å². The van der Waals surface area contributed by atoms with Gasteiger partial charge in [-0.3, -0.25) is 4.79 Å². The van der Waals surface area contributed by atoms with Crippen LogP contribution in [0.3, 0.4) is 0 Å². The number of carbonyl (C=O) groups excluding carboxylic acids is 1. The Morgan fingerprint density at radius 2 is 2.45 bits per heavy atom. The lowest BCUT2D eigenvalue weighted by Crippen LogP contribution is -2.45. The first-order valence-electron chi connectivity index (χ1n) is 6.46. The maximum atomic E-state index is 12.1. The zero-order chi connectivity index (χ0) is 13.9.